The van der Waals surface area contributed by atoms with Crippen molar-refractivity contribution in [2.75, 3.05) is 19.8 Å². The second kappa shape index (κ2) is 10.7. The van der Waals surface area contributed by atoms with Crippen molar-refractivity contribution in [3.05, 3.63) is 23.8 Å². The van der Waals surface area contributed by atoms with E-state index >= 15 is 0 Å². The van der Waals surface area contributed by atoms with E-state index in [4.69, 9.17) is 14.2 Å². The molecule has 1 amide bonds. The Kier molecular flexibility index (Phi) is 8.32. The van der Waals surface area contributed by atoms with Gasteiger partial charge in [0.05, 0.1) is 24.8 Å². The molecule has 29 heavy (non-hydrogen) atoms. The minimum atomic E-state index is -0.848. The minimum absolute atomic E-state index is 0.269. The van der Waals surface area contributed by atoms with Crippen LogP contribution in [0.2, 0.25) is 0 Å². The molecule has 2 rings (SSSR count). The molecule has 1 N–H and O–H groups in total. The van der Waals surface area contributed by atoms with Crippen molar-refractivity contribution in [3.8, 4) is 17.6 Å². The molecule has 0 aromatic heterocycles. The van der Waals surface area contributed by atoms with Crippen molar-refractivity contribution >= 4 is 11.9 Å². The number of rotatable bonds is 9. The van der Waals surface area contributed by atoms with Gasteiger partial charge in [-0.15, -0.1) is 0 Å². The van der Waals surface area contributed by atoms with Gasteiger partial charge in [-0.05, 0) is 43.9 Å². The number of nitriles is 1. The van der Waals surface area contributed by atoms with Gasteiger partial charge in [0.15, 0.2) is 18.1 Å². The second-order valence-corrected chi connectivity index (χ2v) is 7.68. The summed E-state index contributed by atoms with van der Waals surface area (Å²) in [6, 6.07) is 7.01. The molecule has 158 valence electrons. The van der Waals surface area contributed by atoms with Crippen molar-refractivity contribution < 1.29 is 23.8 Å². The number of ether oxygens (including phenoxy) is 3. The molecule has 0 radical (unpaired) electrons. The van der Waals surface area contributed by atoms with E-state index in [0.29, 0.717) is 43.5 Å². The molecule has 0 unspecified atom stereocenters. The number of benzene rings is 1. The summed E-state index contributed by atoms with van der Waals surface area (Å²) in [6.45, 7) is 6.46. The third-order valence-electron chi connectivity index (χ3n) is 4.69. The van der Waals surface area contributed by atoms with Crippen LogP contribution in [0.25, 0.3) is 0 Å². The zero-order valence-corrected chi connectivity index (χ0v) is 17.5. The Morgan fingerprint density at radius 2 is 1.90 bits per heavy atom. The first-order valence-electron chi connectivity index (χ1n) is 10.2. The number of esters is 1. The molecule has 1 saturated carbocycles. The van der Waals surface area contributed by atoms with Gasteiger partial charge in [0.1, 0.15) is 5.54 Å². The van der Waals surface area contributed by atoms with E-state index in [1.165, 1.54) is 0 Å². The molecule has 7 nitrogen and oxygen atoms in total. The fraction of sp³-hybridized carbons (Fsp3) is 0.591. The zero-order chi connectivity index (χ0) is 21.3. The minimum Gasteiger partial charge on any atom is -0.490 e. The molecular weight excluding hydrogens is 372 g/mol. The summed E-state index contributed by atoms with van der Waals surface area (Å²) in [5.74, 6) is 0.268. The molecule has 1 aliphatic rings. The van der Waals surface area contributed by atoms with Gasteiger partial charge in [-0.3, -0.25) is 4.79 Å². The van der Waals surface area contributed by atoms with E-state index < -0.39 is 24.0 Å². The van der Waals surface area contributed by atoms with Crippen LogP contribution in [0.15, 0.2) is 18.2 Å². The van der Waals surface area contributed by atoms with Gasteiger partial charge < -0.3 is 19.5 Å². The first-order chi connectivity index (χ1) is 13.9. The van der Waals surface area contributed by atoms with Gasteiger partial charge in [-0.25, -0.2) is 4.79 Å². The van der Waals surface area contributed by atoms with Crippen LogP contribution in [0.1, 0.15) is 63.2 Å². The molecule has 1 aromatic rings. The first-order valence-corrected chi connectivity index (χ1v) is 10.2. The molecule has 1 fully saturated rings. The molecular formula is C22H30N2O5. The maximum Gasteiger partial charge on any atom is 0.338 e. The van der Waals surface area contributed by atoms with Gasteiger partial charge in [-0.2, -0.15) is 5.26 Å². The maximum absolute atomic E-state index is 12.4. The van der Waals surface area contributed by atoms with Crippen LogP contribution in [0.3, 0.4) is 0 Å². The molecule has 0 bridgehead atoms. The smallest absolute Gasteiger partial charge is 0.338 e. The highest BCUT2D eigenvalue weighted by molar-refractivity contribution is 5.92. The molecule has 1 aromatic carbocycles. The number of hydrogen-bond donors (Lipinski definition) is 1. The highest BCUT2D eigenvalue weighted by Crippen LogP contribution is 2.29. The summed E-state index contributed by atoms with van der Waals surface area (Å²) in [5.41, 5.74) is -0.579. The number of nitrogens with zero attached hydrogens (tertiary/aromatic N) is 1. The predicted molar refractivity (Wildman–Crippen MR) is 108 cm³/mol. The normalized spacial score (nSPS) is 15.3. The number of carbonyl (C=O) groups excluding carboxylic acids is 2. The monoisotopic (exact) mass is 402 g/mol. The van der Waals surface area contributed by atoms with Crippen LogP contribution in [0, 0.1) is 17.2 Å². The fourth-order valence-corrected chi connectivity index (χ4v) is 3.22. The largest absolute Gasteiger partial charge is 0.490 e. The standard InChI is InChI=1S/C22H30N2O5/c1-4-27-19-12-17(8-9-18(19)28-13-16(2)3)21(26)29-14-20(25)24-22(15-23)10-6-5-7-11-22/h8-9,12,16H,4-7,10-11,13-14H2,1-3H3,(H,24,25). The van der Waals surface area contributed by atoms with Crippen LogP contribution in [0.4, 0.5) is 0 Å². The molecule has 0 heterocycles. The maximum atomic E-state index is 12.4. The van der Waals surface area contributed by atoms with E-state index in [1.807, 2.05) is 20.8 Å². The van der Waals surface area contributed by atoms with Gasteiger partial charge in [0.25, 0.3) is 5.91 Å². The number of nitrogens with one attached hydrogen (secondary N) is 1. The van der Waals surface area contributed by atoms with E-state index in [-0.39, 0.29) is 5.56 Å². The molecule has 0 aliphatic heterocycles. The van der Waals surface area contributed by atoms with Crippen molar-refractivity contribution in [1.29, 1.82) is 5.26 Å². The molecule has 0 atom stereocenters. The number of amides is 1. The van der Waals surface area contributed by atoms with Gasteiger partial charge in [0, 0.05) is 0 Å². The Labute approximate surface area is 172 Å². The fourth-order valence-electron chi connectivity index (χ4n) is 3.22. The average molecular weight is 402 g/mol. The molecule has 0 spiro atoms. The number of carbonyl (C=O) groups is 2. The topological polar surface area (TPSA) is 97.6 Å². The van der Waals surface area contributed by atoms with Crippen molar-refractivity contribution in [2.45, 2.75) is 58.4 Å². The van der Waals surface area contributed by atoms with Crippen molar-refractivity contribution in [3.63, 3.8) is 0 Å². The lowest BCUT2D eigenvalue weighted by molar-refractivity contribution is -0.125. The summed E-state index contributed by atoms with van der Waals surface area (Å²) < 4.78 is 16.4. The molecule has 0 saturated heterocycles. The SMILES string of the molecule is CCOc1cc(C(=O)OCC(=O)NC2(C#N)CCCCC2)ccc1OCC(C)C. The Bertz CT molecular complexity index is 748. The lowest BCUT2D eigenvalue weighted by Crippen LogP contribution is -2.50. The second-order valence-electron chi connectivity index (χ2n) is 7.68. The summed E-state index contributed by atoms with van der Waals surface area (Å²) in [5, 5.41) is 12.2. The number of hydrogen-bond acceptors (Lipinski definition) is 6. The Hall–Kier alpha value is -2.75. The summed E-state index contributed by atoms with van der Waals surface area (Å²) in [7, 11) is 0. The summed E-state index contributed by atoms with van der Waals surface area (Å²) in [6.07, 6.45) is 4.11. The molecule has 1 aliphatic carbocycles. The highest BCUT2D eigenvalue weighted by atomic mass is 16.5. The summed E-state index contributed by atoms with van der Waals surface area (Å²) in [4.78, 5) is 24.6. The van der Waals surface area contributed by atoms with Crippen LogP contribution >= 0.6 is 0 Å². The Morgan fingerprint density at radius 3 is 2.52 bits per heavy atom. The zero-order valence-electron chi connectivity index (χ0n) is 17.5. The van der Waals surface area contributed by atoms with E-state index in [0.717, 1.165) is 19.3 Å². The summed E-state index contributed by atoms with van der Waals surface area (Å²) >= 11 is 0. The average Bonchev–Trinajstić information content (AvgIpc) is 2.71. The van der Waals surface area contributed by atoms with E-state index in [2.05, 4.69) is 11.4 Å². The van der Waals surface area contributed by atoms with Crippen molar-refractivity contribution in [2.24, 2.45) is 5.92 Å². The Morgan fingerprint density at radius 1 is 1.17 bits per heavy atom. The Balaban J connectivity index is 1.96. The van der Waals surface area contributed by atoms with Crippen LogP contribution in [-0.2, 0) is 9.53 Å². The van der Waals surface area contributed by atoms with Crippen molar-refractivity contribution in [1.82, 2.24) is 5.32 Å². The quantitative estimate of drug-likeness (QED) is 0.634. The first kappa shape index (κ1) is 22.5. The predicted octanol–water partition coefficient (Wildman–Crippen LogP) is 3.62. The third-order valence-corrected chi connectivity index (χ3v) is 4.69. The van der Waals surface area contributed by atoms with Gasteiger partial charge in [0.2, 0.25) is 0 Å². The van der Waals surface area contributed by atoms with Gasteiger partial charge in [-0.1, -0.05) is 33.1 Å². The lowest BCUT2D eigenvalue weighted by Gasteiger charge is -2.31. The van der Waals surface area contributed by atoms with Crippen LogP contribution in [-0.4, -0.2) is 37.2 Å². The van der Waals surface area contributed by atoms with Gasteiger partial charge >= 0.3 is 5.97 Å². The van der Waals surface area contributed by atoms with Crippen LogP contribution < -0.4 is 14.8 Å². The highest BCUT2D eigenvalue weighted by Gasteiger charge is 2.33. The van der Waals surface area contributed by atoms with E-state index in [9.17, 15) is 14.9 Å². The lowest BCUT2D eigenvalue weighted by atomic mass is 9.83. The molecule has 7 heteroatoms. The van der Waals surface area contributed by atoms with E-state index in [1.54, 1.807) is 18.2 Å². The third kappa shape index (κ3) is 6.67. The van der Waals surface area contributed by atoms with Crippen LogP contribution in [0.5, 0.6) is 11.5 Å².